The average molecular weight is 384 g/mol. The highest BCUT2D eigenvalue weighted by molar-refractivity contribution is 6.84. The van der Waals surface area contributed by atoms with Crippen LogP contribution in [0.15, 0.2) is 0 Å². The summed E-state index contributed by atoms with van der Waals surface area (Å²) in [6.45, 7) is 17.5. The third kappa shape index (κ3) is 3.58. The molecule has 8 heteroatoms. The Kier molecular flexibility index (Phi) is 6.44. The first-order valence-corrected chi connectivity index (χ1v) is 13.4. The van der Waals surface area contributed by atoms with Gasteiger partial charge in [-0.05, 0) is 22.2 Å². The molecule has 3 atom stereocenters. The standard InChI is InChI=1S/C17H33BO5Si2/c1-10(2)24(11(3)4)20-9-14-16(15(19)17(18)21-14)22-25(23-24,12(5)6)13(7)8/h10-14,16-17H,9H2,1-8H3/t14-,16?,17-/m1/s1. The van der Waals surface area contributed by atoms with E-state index in [4.69, 9.17) is 25.6 Å². The molecular formula is C17H33BO5Si2. The smallest absolute Gasteiger partial charge is 0.335 e. The lowest BCUT2D eigenvalue weighted by atomic mass is 9.95. The molecule has 0 amide bonds. The summed E-state index contributed by atoms with van der Waals surface area (Å²) in [6, 6.07) is -0.933. The molecule has 0 N–H and O–H groups in total. The molecule has 25 heavy (non-hydrogen) atoms. The predicted octanol–water partition coefficient (Wildman–Crippen LogP) is 3.41. The summed E-state index contributed by atoms with van der Waals surface area (Å²) < 4.78 is 25.8. The van der Waals surface area contributed by atoms with Crippen molar-refractivity contribution in [2.75, 3.05) is 6.61 Å². The number of hydrogen-bond donors (Lipinski definition) is 0. The van der Waals surface area contributed by atoms with Gasteiger partial charge >= 0.3 is 17.1 Å². The second kappa shape index (κ2) is 7.56. The van der Waals surface area contributed by atoms with Gasteiger partial charge in [0.2, 0.25) is 0 Å². The fraction of sp³-hybridized carbons (Fsp3) is 0.941. The lowest BCUT2D eigenvalue weighted by molar-refractivity contribution is -0.125. The predicted molar refractivity (Wildman–Crippen MR) is 103 cm³/mol. The number of carbonyl (C=O) groups excluding carboxylic acids is 1. The lowest BCUT2D eigenvalue weighted by Crippen LogP contribution is -2.65. The molecule has 0 aromatic rings. The number of Topliss-reactive ketones (excluding diaryl/α,β-unsaturated/α-hetero) is 1. The van der Waals surface area contributed by atoms with Crippen LogP contribution in [-0.2, 0) is 22.5 Å². The lowest BCUT2D eigenvalue weighted by Gasteiger charge is -2.50. The Morgan fingerprint density at radius 1 is 0.920 bits per heavy atom. The van der Waals surface area contributed by atoms with Gasteiger partial charge in [0.1, 0.15) is 20.1 Å². The third-order valence-electron chi connectivity index (χ3n) is 5.54. The number of rotatable bonds is 4. The normalized spacial score (nSPS) is 32.3. The Bertz CT molecular complexity index is 481. The SMILES string of the molecule is [B][C@@H]1O[C@@H]2CO[Si](C(C)C)(C(C)C)O[Si](C(C)C)(C(C)C)OC2C1=O. The van der Waals surface area contributed by atoms with Crippen LogP contribution in [0.4, 0.5) is 0 Å². The van der Waals surface area contributed by atoms with Gasteiger partial charge in [-0.15, -0.1) is 0 Å². The van der Waals surface area contributed by atoms with E-state index in [2.05, 4.69) is 55.4 Å². The summed E-state index contributed by atoms with van der Waals surface area (Å²) >= 11 is 0. The van der Waals surface area contributed by atoms with Crippen molar-refractivity contribution in [1.29, 1.82) is 0 Å². The Labute approximate surface area is 156 Å². The van der Waals surface area contributed by atoms with Gasteiger partial charge in [0, 0.05) is 0 Å². The van der Waals surface area contributed by atoms with E-state index in [-0.39, 0.29) is 27.9 Å². The highest BCUT2D eigenvalue weighted by atomic mass is 28.5. The van der Waals surface area contributed by atoms with E-state index in [1.807, 2.05) is 0 Å². The Morgan fingerprint density at radius 2 is 1.40 bits per heavy atom. The highest BCUT2D eigenvalue weighted by Crippen LogP contribution is 2.46. The van der Waals surface area contributed by atoms with Crippen LogP contribution < -0.4 is 0 Å². The molecule has 0 saturated carbocycles. The first kappa shape index (κ1) is 21.3. The van der Waals surface area contributed by atoms with Crippen molar-refractivity contribution >= 4 is 30.8 Å². The zero-order valence-corrected chi connectivity index (χ0v) is 18.9. The van der Waals surface area contributed by atoms with Crippen LogP contribution in [0, 0.1) is 0 Å². The highest BCUT2D eigenvalue weighted by Gasteiger charge is 2.61. The molecule has 2 aliphatic rings. The molecule has 0 aromatic heterocycles. The zero-order valence-electron chi connectivity index (χ0n) is 16.9. The summed E-state index contributed by atoms with van der Waals surface area (Å²) in [5, 5.41) is 0. The van der Waals surface area contributed by atoms with Gasteiger partial charge in [-0.3, -0.25) is 4.79 Å². The molecule has 0 bridgehead atoms. The van der Waals surface area contributed by atoms with Crippen LogP contribution in [0.5, 0.6) is 0 Å². The number of ketones is 1. The van der Waals surface area contributed by atoms with Crippen LogP contribution in [-0.4, -0.2) is 55.6 Å². The van der Waals surface area contributed by atoms with Crippen LogP contribution in [0.3, 0.4) is 0 Å². The molecule has 2 aliphatic heterocycles. The summed E-state index contributed by atoms with van der Waals surface area (Å²) in [5.41, 5.74) is 0.901. The summed E-state index contributed by atoms with van der Waals surface area (Å²) in [6.07, 6.45) is -1.13. The van der Waals surface area contributed by atoms with Gasteiger partial charge in [0.05, 0.1) is 12.6 Å². The molecule has 2 fully saturated rings. The molecule has 2 rings (SSSR count). The van der Waals surface area contributed by atoms with Crippen molar-refractivity contribution in [3.8, 4) is 0 Å². The van der Waals surface area contributed by atoms with Gasteiger partial charge in [-0.25, -0.2) is 0 Å². The van der Waals surface area contributed by atoms with Crippen molar-refractivity contribution in [2.24, 2.45) is 0 Å². The summed E-state index contributed by atoms with van der Waals surface area (Å²) in [7, 11) is 0.509. The second-order valence-electron chi connectivity index (χ2n) is 8.51. The van der Waals surface area contributed by atoms with E-state index in [1.54, 1.807) is 0 Å². The number of carbonyl (C=O) groups is 1. The maximum atomic E-state index is 12.5. The summed E-state index contributed by atoms with van der Waals surface area (Å²) in [5.74, 6) is -0.196. The largest absolute Gasteiger partial charge is 0.414 e. The molecule has 0 spiro atoms. The molecule has 0 aromatic carbocycles. The topological polar surface area (TPSA) is 54.0 Å². The first-order valence-electron chi connectivity index (χ1n) is 9.44. The first-order chi connectivity index (χ1) is 11.5. The van der Waals surface area contributed by atoms with Crippen LogP contribution >= 0.6 is 0 Å². The minimum absolute atomic E-state index is 0.184. The second-order valence-corrected chi connectivity index (χ2v) is 17.4. The van der Waals surface area contributed by atoms with E-state index in [9.17, 15) is 4.79 Å². The number of ether oxygens (including phenoxy) is 1. The van der Waals surface area contributed by atoms with Crippen molar-refractivity contribution in [1.82, 2.24) is 0 Å². The monoisotopic (exact) mass is 384 g/mol. The van der Waals surface area contributed by atoms with E-state index in [1.165, 1.54) is 0 Å². The van der Waals surface area contributed by atoms with Crippen LogP contribution in [0.1, 0.15) is 55.4 Å². The minimum atomic E-state index is -2.76. The Morgan fingerprint density at radius 3 is 1.84 bits per heavy atom. The van der Waals surface area contributed by atoms with Crippen molar-refractivity contribution in [3.63, 3.8) is 0 Å². The molecule has 2 saturated heterocycles. The average Bonchev–Trinajstić information content (AvgIpc) is 2.73. The molecule has 1 unspecified atom stereocenters. The van der Waals surface area contributed by atoms with Crippen LogP contribution in [0.2, 0.25) is 22.2 Å². The van der Waals surface area contributed by atoms with E-state index < -0.39 is 35.3 Å². The van der Waals surface area contributed by atoms with E-state index >= 15 is 0 Å². The van der Waals surface area contributed by atoms with E-state index in [0.29, 0.717) is 6.61 Å². The molecule has 5 nitrogen and oxygen atoms in total. The third-order valence-corrected chi connectivity index (χ3v) is 15.8. The minimum Gasteiger partial charge on any atom is -0.414 e. The molecule has 142 valence electrons. The molecule has 2 radical (unpaired) electrons. The number of fused-ring (bicyclic) bond motifs is 1. The Balaban J connectivity index is 2.55. The molecular weight excluding hydrogens is 351 g/mol. The number of hydrogen-bond acceptors (Lipinski definition) is 5. The van der Waals surface area contributed by atoms with Gasteiger partial charge < -0.3 is 17.7 Å². The van der Waals surface area contributed by atoms with Gasteiger partial charge in [0.15, 0.2) is 5.78 Å². The molecule has 2 heterocycles. The zero-order chi connectivity index (χ0) is 19.2. The van der Waals surface area contributed by atoms with Gasteiger partial charge in [-0.2, -0.15) is 0 Å². The van der Waals surface area contributed by atoms with E-state index in [0.717, 1.165) is 0 Å². The van der Waals surface area contributed by atoms with Crippen molar-refractivity contribution in [2.45, 2.75) is 95.8 Å². The maximum Gasteiger partial charge on any atom is 0.335 e. The quantitative estimate of drug-likeness (QED) is 0.696. The van der Waals surface area contributed by atoms with Crippen molar-refractivity contribution < 1.29 is 22.5 Å². The van der Waals surface area contributed by atoms with Crippen molar-refractivity contribution in [3.05, 3.63) is 0 Å². The van der Waals surface area contributed by atoms with Gasteiger partial charge in [-0.1, -0.05) is 55.4 Å². The molecule has 0 aliphatic carbocycles. The fourth-order valence-electron chi connectivity index (χ4n) is 4.06. The Hall–Kier alpha value is 0.00870. The van der Waals surface area contributed by atoms with Gasteiger partial charge in [0.25, 0.3) is 0 Å². The fourth-order valence-corrected chi connectivity index (χ4v) is 15.2. The maximum absolute atomic E-state index is 12.5. The van der Waals surface area contributed by atoms with Crippen LogP contribution in [0.25, 0.3) is 0 Å². The summed E-state index contributed by atoms with van der Waals surface area (Å²) in [4.78, 5) is 12.5.